The van der Waals surface area contributed by atoms with Crippen molar-refractivity contribution in [2.24, 2.45) is 5.92 Å². The average molecular weight is 377 g/mol. The minimum absolute atomic E-state index is 0.157. The molecule has 0 heterocycles. The quantitative estimate of drug-likeness (QED) is 0.157. The van der Waals surface area contributed by atoms with E-state index >= 15 is 0 Å². The highest BCUT2D eigenvalue weighted by Crippen LogP contribution is 2.35. The number of allylic oxidation sites excluding steroid dienone is 2. The molecular weight excluding hydrogens is 335 g/mol. The minimum atomic E-state index is -4.27. The normalized spacial score (nSPS) is 12.5. The molecule has 0 fully saturated rings. The Balaban J connectivity index is 3.14. The molecule has 0 bridgehead atoms. The van der Waals surface area contributed by atoms with Gasteiger partial charge in [-0.3, -0.25) is 4.52 Å². The van der Waals surface area contributed by atoms with Crippen LogP contribution in [0.3, 0.4) is 0 Å². The first-order valence-electron chi connectivity index (χ1n) is 10.3. The van der Waals surface area contributed by atoms with E-state index in [1.807, 2.05) is 0 Å². The summed E-state index contributed by atoms with van der Waals surface area (Å²) in [5, 5.41) is 0. The Kier molecular flexibility index (Phi) is 17.2. The summed E-state index contributed by atoms with van der Waals surface area (Å²) in [4.78, 5) is 17.1. The Morgan fingerprint density at radius 2 is 1.20 bits per heavy atom. The van der Waals surface area contributed by atoms with Gasteiger partial charge in [0.1, 0.15) is 0 Å². The maximum atomic E-state index is 10.5. The van der Waals surface area contributed by atoms with Gasteiger partial charge in [-0.15, -0.1) is 0 Å². The van der Waals surface area contributed by atoms with E-state index in [2.05, 4.69) is 30.5 Å². The molecule has 0 aromatic carbocycles. The minimum Gasteiger partial charge on any atom is -0.303 e. The molecule has 0 aliphatic heterocycles. The molecule has 150 valence electrons. The van der Waals surface area contributed by atoms with Crippen molar-refractivity contribution in [2.75, 3.05) is 6.61 Å². The first-order valence-corrected chi connectivity index (χ1v) is 11.8. The second kappa shape index (κ2) is 17.3. The van der Waals surface area contributed by atoms with Gasteiger partial charge in [-0.2, -0.15) is 0 Å². The van der Waals surface area contributed by atoms with Crippen LogP contribution in [0.25, 0.3) is 0 Å². The van der Waals surface area contributed by atoms with Crippen LogP contribution >= 0.6 is 7.82 Å². The van der Waals surface area contributed by atoms with Crippen molar-refractivity contribution in [1.29, 1.82) is 0 Å². The van der Waals surface area contributed by atoms with Crippen molar-refractivity contribution in [2.45, 2.75) is 104 Å². The second-order valence-electron chi connectivity index (χ2n) is 7.44. The third-order valence-electron chi connectivity index (χ3n) is 4.34. The topological polar surface area (TPSA) is 66.8 Å². The van der Waals surface area contributed by atoms with Crippen molar-refractivity contribution < 1.29 is 18.9 Å². The Bertz CT molecular complexity index is 350. The van der Waals surface area contributed by atoms with Crippen molar-refractivity contribution in [3.05, 3.63) is 12.2 Å². The zero-order valence-electron chi connectivity index (χ0n) is 16.5. The van der Waals surface area contributed by atoms with Gasteiger partial charge < -0.3 is 9.79 Å². The molecule has 0 unspecified atom stereocenters. The van der Waals surface area contributed by atoms with E-state index in [9.17, 15) is 4.57 Å². The van der Waals surface area contributed by atoms with Crippen LogP contribution in [0.4, 0.5) is 0 Å². The van der Waals surface area contributed by atoms with Gasteiger partial charge in [0.2, 0.25) is 0 Å². The number of hydrogen-bond acceptors (Lipinski definition) is 2. The molecule has 0 spiro atoms. The Hall–Kier alpha value is -0.150. The highest BCUT2D eigenvalue weighted by atomic mass is 31.2. The Morgan fingerprint density at radius 1 is 0.760 bits per heavy atom. The zero-order chi connectivity index (χ0) is 18.8. The van der Waals surface area contributed by atoms with E-state index in [0.717, 1.165) is 25.2 Å². The molecule has 0 atom stereocenters. The smallest absolute Gasteiger partial charge is 0.303 e. The highest BCUT2D eigenvalue weighted by Gasteiger charge is 2.12. The lowest BCUT2D eigenvalue weighted by molar-refractivity contribution is 0.193. The van der Waals surface area contributed by atoms with Gasteiger partial charge in [-0.25, -0.2) is 4.57 Å². The highest BCUT2D eigenvalue weighted by molar-refractivity contribution is 7.46. The fourth-order valence-electron chi connectivity index (χ4n) is 2.84. The maximum Gasteiger partial charge on any atom is 0.469 e. The summed E-state index contributed by atoms with van der Waals surface area (Å²) in [6.45, 7) is 4.76. The van der Waals surface area contributed by atoms with Gasteiger partial charge in [0, 0.05) is 0 Å². The van der Waals surface area contributed by atoms with Crippen LogP contribution < -0.4 is 0 Å². The van der Waals surface area contributed by atoms with Crippen LogP contribution in [0.2, 0.25) is 0 Å². The van der Waals surface area contributed by atoms with E-state index < -0.39 is 7.82 Å². The van der Waals surface area contributed by atoms with Crippen molar-refractivity contribution in [1.82, 2.24) is 0 Å². The van der Waals surface area contributed by atoms with Gasteiger partial charge in [-0.1, -0.05) is 83.8 Å². The summed E-state index contributed by atoms with van der Waals surface area (Å²) in [6.07, 6.45) is 21.8. The van der Waals surface area contributed by atoms with Crippen LogP contribution in [-0.4, -0.2) is 16.4 Å². The third-order valence-corrected chi connectivity index (χ3v) is 4.86. The number of phosphoric ester groups is 1. The SMILES string of the molecule is CC(C)CCCCCCC/C=C\CCCCCCCCOP(=O)(O)O. The number of phosphoric acid groups is 1. The van der Waals surface area contributed by atoms with Crippen molar-refractivity contribution in [3.8, 4) is 0 Å². The third kappa shape index (κ3) is 23.9. The molecular formula is C20H41O4P. The molecule has 0 aliphatic rings. The van der Waals surface area contributed by atoms with E-state index in [1.165, 1.54) is 70.6 Å². The first kappa shape index (κ1) is 24.8. The molecule has 0 aromatic heterocycles. The predicted molar refractivity (Wildman–Crippen MR) is 107 cm³/mol. The lowest BCUT2D eigenvalue weighted by atomic mass is 10.0. The Labute approximate surface area is 155 Å². The van der Waals surface area contributed by atoms with Crippen LogP contribution in [0.15, 0.2) is 12.2 Å². The van der Waals surface area contributed by atoms with Crippen LogP contribution in [0, 0.1) is 5.92 Å². The number of rotatable bonds is 18. The fraction of sp³-hybridized carbons (Fsp3) is 0.900. The zero-order valence-corrected chi connectivity index (χ0v) is 17.4. The molecule has 2 N–H and O–H groups in total. The summed E-state index contributed by atoms with van der Waals surface area (Å²) < 4.78 is 14.9. The molecule has 0 radical (unpaired) electrons. The van der Waals surface area contributed by atoms with E-state index in [-0.39, 0.29) is 6.61 Å². The molecule has 25 heavy (non-hydrogen) atoms. The van der Waals surface area contributed by atoms with Gasteiger partial charge in [0.05, 0.1) is 6.61 Å². The fourth-order valence-corrected chi connectivity index (χ4v) is 3.20. The second-order valence-corrected chi connectivity index (χ2v) is 8.68. The molecule has 5 heteroatoms. The summed E-state index contributed by atoms with van der Waals surface area (Å²) in [5.74, 6) is 0.852. The van der Waals surface area contributed by atoms with E-state index in [4.69, 9.17) is 9.79 Å². The van der Waals surface area contributed by atoms with Crippen LogP contribution in [0.5, 0.6) is 0 Å². The summed E-state index contributed by atoms with van der Waals surface area (Å²) in [5.41, 5.74) is 0. The molecule has 0 aliphatic carbocycles. The van der Waals surface area contributed by atoms with Gasteiger partial charge in [-0.05, 0) is 38.0 Å². The molecule has 0 saturated heterocycles. The van der Waals surface area contributed by atoms with Crippen LogP contribution in [-0.2, 0) is 9.09 Å². The lowest BCUT2D eigenvalue weighted by Crippen LogP contribution is -1.92. The first-order chi connectivity index (χ1) is 11.9. The molecule has 0 amide bonds. The maximum absolute atomic E-state index is 10.5. The largest absolute Gasteiger partial charge is 0.469 e. The average Bonchev–Trinajstić information content (AvgIpc) is 2.52. The van der Waals surface area contributed by atoms with E-state index in [1.54, 1.807) is 0 Å². The number of hydrogen-bond donors (Lipinski definition) is 2. The lowest BCUT2D eigenvalue weighted by Gasteiger charge is -2.04. The summed E-state index contributed by atoms with van der Waals surface area (Å²) >= 11 is 0. The van der Waals surface area contributed by atoms with Crippen LogP contribution in [0.1, 0.15) is 104 Å². The molecule has 4 nitrogen and oxygen atoms in total. The Morgan fingerprint density at radius 3 is 1.68 bits per heavy atom. The summed E-state index contributed by atoms with van der Waals surface area (Å²) in [6, 6.07) is 0. The molecule has 0 aromatic rings. The van der Waals surface area contributed by atoms with Crippen molar-refractivity contribution in [3.63, 3.8) is 0 Å². The molecule has 0 saturated carbocycles. The predicted octanol–water partition coefficient (Wildman–Crippen LogP) is 6.77. The summed E-state index contributed by atoms with van der Waals surface area (Å²) in [7, 11) is -4.27. The van der Waals surface area contributed by atoms with E-state index in [0.29, 0.717) is 0 Å². The monoisotopic (exact) mass is 376 g/mol. The van der Waals surface area contributed by atoms with Gasteiger partial charge >= 0.3 is 7.82 Å². The van der Waals surface area contributed by atoms with Gasteiger partial charge in [0.25, 0.3) is 0 Å². The van der Waals surface area contributed by atoms with Gasteiger partial charge in [0.15, 0.2) is 0 Å². The number of unbranched alkanes of at least 4 members (excludes halogenated alkanes) is 11. The molecule has 0 rings (SSSR count). The van der Waals surface area contributed by atoms with Crippen molar-refractivity contribution >= 4 is 7.82 Å². The standard InChI is InChI=1S/C20H41O4P/c1-20(2)18-16-14-12-10-8-6-4-3-5-7-9-11-13-15-17-19-24-25(21,22)23/h3-4,20H,5-19H2,1-2H3,(H2,21,22,23)/b4-3-.